The number of hydrogen-bond donors (Lipinski definition) is 0. The summed E-state index contributed by atoms with van der Waals surface area (Å²) in [5, 5.41) is 0. The van der Waals surface area contributed by atoms with Crippen LogP contribution in [0.25, 0.3) is 0 Å². The minimum absolute atomic E-state index is 0.360. The second kappa shape index (κ2) is 4.36. The van der Waals surface area contributed by atoms with Crippen molar-refractivity contribution in [2.45, 2.75) is 25.8 Å². The molecule has 0 radical (unpaired) electrons. The molecule has 0 atom stereocenters. The number of aromatic nitrogens is 1. The van der Waals surface area contributed by atoms with Gasteiger partial charge in [-0.05, 0) is 12.8 Å². The van der Waals surface area contributed by atoms with Crippen molar-refractivity contribution in [3.8, 4) is 12.3 Å². The first kappa shape index (κ1) is 9.39. The standard InChI is InChI=1S/C8H9NO4/c1-2-3-4-5-6-9-12-7(10)8(11)13-9/h1H,3-6H2. The summed E-state index contributed by atoms with van der Waals surface area (Å²) in [6.45, 7) is 0.360. The van der Waals surface area contributed by atoms with Crippen LogP contribution in [0.4, 0.5) is 0 Å². The highest BCUT2D eigenvalue weighted by molar-refractivity contribution is 4.82. The van der Waals surface area contributed by atoms with Gasteiger partial charge < -0.3 is 0 Å². The van der Waals surface area contributed by atoms with Gasteiger partial charge in [-0.3, -0.25) is 9.05 Å². The van der Waals surface area contributed by atoms with Crippen LogP contribution in [0.5, 0.6) is 0 Å². The van der Waals surface area contributed by atoms with Crippen LogP contribution in [0, 0.1) is 12.3 Å². The van der Waals surface area contributed by atoms with Crippen LogP contribution >= 0.6 is 0 Å². The second-order valence-corrected chi connectivity index (χ2v) is 2.48. The summed E-state index contributed by atoms with van der Waals surface area (Å²) in [5.74, 6) is 2.48. The molecule has 0 spiro atoms. The molecule has 0 saturated carbocycles. The highest BCUT2D eigenvalue weighted by Crippen LogP contribution is 1.95. The molecule has 5 nitrogen and oxygen atoms in total. The Hall–Kier alpha value is -1.70. The van der Waals surface area contributed by atoms with Crippen molar-refractivity contribution in [3.63, 3.8) is 0 Å². The van der Waals surface area contributed by atoms with Gasteiger partial charge in [-0.15, -0.1) is 12.3 Å². The van der Waals surface area contributed by atoms with Crippen molar-refractivity contribution < 1.29 is 9.05 Å². The topological polar surface area (TPSA) is 65.3 Å². The van der Waals surface area contributed by atoms with E-state index in [0.29, 0.717) is 19.4 Å². The van der Waals surface area contributed by atoms with E-state index in [4.69, 9.17) is 6.42 Å². The van der Waals surface area contributed by atoms with Crippen molar-refractivity contribution in [2.75, 3.05) is 0 Å². The van der Waals surface area contributed by atoms with Crippen molar-refractivity contribution in [1.29, 1.82) is 0 Å². The van der Waals surface area contributed by atoms with Gasteiger partial charge in [-0.25, -0.2) is 9.59 Å². The molecule has 0 N–H and O–H groups in total. The minimum Gasteiger partial charge on any atom is -0.298 e. The Labute approximate surface area is 73.9 Å². The third kappa shape index (κ3) is 2.67. The smallest absolute Gasteiger partial charge is 0.298 e. The van der Waals surface area contributed by atoms with Crippen LogP contribution in [0.15, 0.2) is 18.6 Å². The lowest BCUT2D eigenvalue weighted by Gasteiger charge is -1.94. The molecule has 1 aromatic heterocycles. The van der Waals surface area contributed by atoms with E-state index in [2.05, 4.69) is 15.0 Å². The predicted molar refractivity (Wildman–Crippen MR) is 44.2 cm³/mol. The molecule has 0 saturated heterocycles. The fourth-order valence-corrected chi connectivity index (χ4v) is 0.837. The highest BCUT2D eigenvalue weighted by Gasteiger charge is 2.03. The van der Waals surface area contributed by atoms with Crippen molar-refractivity contribution in [3.05, 3.63) is 20.8 Å². The molecule has 0 aromatic carbocycles. The fourth-order valence-electron chi connectivity index (χ4n) is 0.837. The largest absolute Gasteiger partial charge is 0.446 e. The van der Waals surface area contributed by atoms with Crippen LogP contribution in [0.1, 0.15) is 19.3 Å². The van der Waals surface area contributed by atoms with E-state index in [1.165, 1.54) is 0 Å². The molecule has 0 fully saturated rings. The van der Waals surface area contributed by atoms with Gasteiger partial charge in [0.05, 0.1) is 6.54 Å². The first-order valence-electron chi connectivity index (χ1n) is 3.89. The van der Waals surface area contributed by atoms with Gasteiger partial charge in [0.1, 0.15) is 0 Å². The maximum Gasteiger partial charge on any atom is 0.446 e. The maximum atomic E-state index is 10.5. The van der Waals surface area contributed by atoms with Gasteiger partial charge >= 0.3 is 11.3 Å². The summed E-state index contributed by atoms with van der Waals surface area (Å²) in [4.78, 5) is 21.9. The second-order valence-electron chi connectivity index (χ2n) is 2.48. The monoisotopic (exact) mass is 183 g/mol. The Morgan fingerprint density at radius 2 is 1.85 bits per heavy atom. The number of nitrogens with zero attached hydrogens (tertiary/aromatic N) is 1. The number of aryl methyl sites for hydroxylation is 1. The van der Waals surface area contributed by atoms with Gasteiger partial charge in [-0.1, -0.05) is 4.91 Å². The third-order valence-corrected chi connectivity index (χ3v) is 1.45. The number of terminal acetylenes is 1. The first-order valence-corrected chi connectivity index (χ1v) is 3.89. The first-order chi connectivity index (χ1) is 6.24. The van der Waals surface area contributed by atoms with Crippen LogP contribution in [0.3, 0.4) is 0 Å². The molecule has 0 aliphatic heterocycles. The van der Waals surface area contributed by atoms with E-state index < -0.39 is 11.3 Å². The molecular formula is C8H9NO4. The zero-order valence-corrected chi connectivity index (χ0v) is 6.99. The summed E-state index contributed by atoms with van der Waals surface area (Å²) in [6, 6.07) is 0. The number of rotatable bonds is 4. The number of unbranched alkanes of at least 4 members (excludes halogenated alkanes) is 2. The summed E-state index contributed by atoms with van der Waals surface area (Å²) < 4.78 is 8.85. The van der Waals surface area contributed by atoms with E-state index >= 15 is 0 Å². The summed E-state index contributed by atoms with van der Waals surface area (Å²) in [5.41, 5.74) is -1.95. The molecule has 70 valence electrons. The maximum absolute atomic E-state index is 10.5. The molecule has 1 heterocycles. The quantitative estimate of drug-likeness (QED) is 0.380. The van der Waals surface area contributed by atoms with Gasteiger partial charge in [0.2, 0.25) is 0 Å². The van der Waals surface area contributed by atoms with Crippen molar-refractivity contribution in [2.24, 2.45) is 0 Å². The van der Waals surface area contributed by atoms with E-state index in [1.807, 2.05) is 0 Å². The molecule has 1 aromatic rings. The summed E-state index contributed by atoms with van der Waals surface area (Å²) >= 11 is 0. The van der Waals surface area contributed by atoms with Crippen LogP contribution in [-0.4, -0.2) is 4.91 Å². The van der Waals surface area contributed by atoms with E-state index in [1.54, 1.807) is 0 Å². The summed E-state index contributed by atoms with van der Waals surface area (Å²) in [6.07, 6.45) is 7.22. The molecule has 5 heteroatoms. The van der Waals surface area contributed by atoms with E-state index in [9.17, 15) is 9.59 Å². The fraction of sp³-hybridized carbons (Fsp3) is 0.500. The van der Waals surface area contributed by atoms with Gasteiger partial charge in [0.25, 0.3) is 0 Å². The highest BCUT2D eigenvalue weighted by atomic mass is 16.7. The van der Waals surface area contributed by atoms with Crippen LogP contribution in [-0.2, 0) is 6.54 Å². The predicted octanol–water partition coefficient (Wildman–Crippen LogP) is 0.198. The lowest BCUT2D eigenvalue weighted by molar-refractivity contribution is 0.0712. The Bertz CT molecular complexity index is 375. The SMILES string of the molecule is C#CCCCCn1oc(=O)c(=O)o1. The Balaban J connectivity index is 2.43. The van der Waals surface area contributed by atoms with Crippen molar-refractivity contribution >= 4 is 0 Å². The van der Waals surface area contributed by atoms with Crippen LogP contribution in [0.2, 0.25) is 0 Å². The molecule has 0 bridgehead atoms. The van der Waals surface area contributed by atoms with Crippen molar-refractivity contribution in [1.82, 2.24) is 4.91 Å². The Morgan fingerprint density at radius 3 is 2.38 bits per heavy atom. The average molecular weight is 183 g/mol. The molecule has 0 unspecified atom stereocenters. The van der Waals surface area contributed by atoms with Gasteiger partial charge in [0, 0.05) is 6.42 Å². The van der Waals surface area contributed by atoms with E-state index in [-0.39, 0.29) is 0 Å². The Kier molecular flexibility index (Phi) is 3.15. The molecular weight excluding hydrogens is 174 g/mol. The zero-order chi connectivity index (χ0) is 9.68. The van der Waals surface area contributed by atoms with E-state index in [0.717, 1.165) is 11.3 Å². The zero-order valence-electron chi connectivity index (χ0n) is 6.99. The normalized spacial score (nSPS) is 9.77. The summed E-state index contributed by atoms with van der Waals surface area (Å²) in [7, 11) is 0. The minimum atomic E-state index is -0.975. The Morgan fingerprint density at radius 1 is 1.23 bits per heavy atom. The van der Waals surface area contributed by atoms with Crippen LogP contribution < -0.4 is 11.3 Å². The lowest BCUT2D eigenvalue weighted by atomic mass is 10.2. The molecule has 13 heavy (non-hydrogen) atoms. The molecule has 1 rings (SSSR count). The number of hydrogen-bond acceptors (Lipinski definition) is 4. The average Bonchev–Trinajstić information content (AvgIpc) is 2.41. The van der Waals surface area contributed by atoms with Gasteiger partial charge in [0.15, 0.2) is 0 Å². The third-order valence-electron chi connectivity index (χ3n) is 1.45. The lowest BCUT2D eigenvalue weighted by Crippen LogP contribution is -2.14. The van der Waals surface area contributed by atoms with Gasteiger partial charge in [-0.2, -0.15) is 0 Å². The molecule has 0 amide bonds. The molecule has 0 aliphatic rings. The molecule has 0 aliphatic carbocycles.